The molecule has 0 aliphatic carbocycles. The Labute approximate surface area is 191 Å². The number of nitrogens with one attached hydrogen (secondary N) is 1. The average Bonchev–Trinajstić information content (AvgIpc) is 3.28. The zero-order valence-electron chi connectivity index (χ0n) is 18.6. The molecule has 8 nitrogen and oxygen atoms in total. The molecule has 0 amide bonds. The minimum atomic E-state index is -3.87. The van der Waals surface area contributed by atoms with Gasteiger partial charge in [-0.2, -0.15) is 4.72 Å². The smallest absolute Gasteiger partial charge is 0.321 e. The first-order valence-corrected chi connectivity index (χ1v) is 12.2. The topological polar surface area (TPSA) is 107 Å². The number of ether oxygens (including phenoxy) is 1. The van der Waals surface area contributed by atoms with Crippen molar-refractivity contribution in [1.82, 2.24) is 14.3 Å². The van der Waals surface area contributed by atoms with Gasteiger partial charge in [-0.05, 0) is 63.9 Å². The molecule has 0 saturated carbocycles. The van der Waals surface area contributed by atoms with Crippen molar-refractivity contribution in [3.63, 3.8) is 0 Å². The van der Waals surface area contributed by atoms with Gasteiger partial charge in [0.1, 0.15) is 6.54 Å². The average molecular weight is 476 g/mol. The molecule has 0 bridgehead atoms. The number of thiazole rings is 1. The second-order valence-electron chi connectivity index (χ2n) is 7.55. The molecule has 2 aromatic heterocycles. The number of esters is 1. The van der Waals surface area contributed by atoms with E-state index in [2.05, 4.69) is 9.71 Å². The van der Waals surface area contributed by atoms with E-state index in [1.807, 2.05) is 30.7 Å². The molecule has 0 unspecified atom stereocenters. The van der Waals surface area contributed by atoms with Crippen LogP contribution >= 0.6 is 11.3 Å². The van der Waals surface area contributed by atoms with Gasteiger partial charge >= 0.3 is 5.97 Å². The summed E-state index contributed by atoms with van der Waals surface area (Å²) in [5.41, 5.74) is 4.65. The largest absolute Gasteiger partial charge is 0.456 e. The lowest BCUT2D eigenvalue weighted by molar-refractivity contribution is -0.141. The van der Waals surface area contributed by atoms with Crippen LogP contribution in [-0.4, -0.2) is 42.9 Å². The first-order chi connectivity index (χ1) is 15.0. The van der Waals surface area contributed by atoms with Gasteiger partial charge < -0.3 is 4.74 Å². The van der Waals surface area contributed by atoms with E-state index >= 15 is 0 Å². The summed E-state index contributed by atoms with van der Waals surface area (Å²) in [5.74, 6) is -1.21. The molecule has 32 heavy (non-hydrogen) atoms. The summed E-state index contributed by atoms with van der Waals surface area (Å²) in [4.78, 5) is 29.2. The molecule has 0 aliphatic rings. The molecule has 0 saturated heterocycles. The SMILES string of the molecule is Cc1csc(-n2c(C)cc(C(=O)COC(=O)CNS(=O)(=O)c3ccc(C)c(C)c3)c2C)n1. The summed E-state index contributed by atoms with van der Waals surface area (Å²) in [6.07, 6.45) is 0. The second-order valence-corrected chi connectivity index (χ2v) is 10.1. The first kappa shape index (κ1) is 23.8. The third kappa shape index (κ3) is 5.14. The zero-order valence-corrected chi connectivity index (χ0v) is 20.2. The Hall–Kier alpha value is -2.82. The van der Waals surface area contributed by atoms with E-state index < -0.39 is 29.1 Å². The molecule has 1 aromatic carbocycles. The van der Waals surface area contributed by atoms with Crippen LogP contribution in [0.15, 0.2) is 34.5 Å². The highest BCUT2D eigenvalue weighted by Gasteiger charge is 2.21. The highest BCUT2D eigenvalue weighted by atomic mass is 32.2. The fourth-order valence-corrected chi connectivity index (χ4v) is 5.14. The molecular weight excluding hydrogens is 450 g/mol. The van der Waals surface area contributed by atoms with Gasteiger partial charge in [0.05, 0.1) is 10.6 Å². The van der Waals surface area contributed by atoms with Gasteiger partial charge in [0.15, 0.2) is 11.7 Å². The number of nitrogens with zero attached hydrogens (tertiary/aromatic N) is 2. The number of hydrogen-bond acceptors (Lipinski definition) is 7. The van der Waals surface area contributed by atoms with Crippen molar-refractivity contribution >= 4 is 33.1 Å². The van der Waals surface area contributed by atoms with Crippen LogP contribution in [0.25, 0.3) is 5.13 Å². The fourth-order valence-electron chi connectivity index (χ4n) is 3.18. The summed E-state index contributed by atoms with van der Waals surface area (Å²) in [5, 5.41) is 2.69. The molecule has 10 heteroatoms. The summed E-state index contributed by atoms with van der Waals surface area (Å²) in [7, 11) is -3.87. The van der Waals surface area contributed by atoms with E-state index in [-0.39, 0.29) is 10.7 Å². The third-order valence-electron chi connectivity index (χ3n) is 5.09. The van der Waals surface area contributed by atoms with Crippen LogP contribution in [0.2, 0.25) is 0 Å². The molecule has 2 heterocycles. The Morgan fingerprint density at radius 1 is 1.09 bits per heavy atom. The maximum absolute atomic E-state index is 12.6. The zero-order chi connectivity index (χ0) is 23.6. The number of benzene rings is 1. The normalized spacial score (nSPS) is 11.5. The maximum atomic E-state index is 12.6. The number of sulfonamides is 1. The lowest BCUT2D eigenvalue weighted by Gasteiger charge is -2.09. The molecule has 3 rings (SSSR count). The monoisotopic (exact) mass is 475 g/mol. The number of ketones is 1. The van der Waals surface area contributed by atoms with E-state index in [4.69, 9.17) is 4.74 Å². The summed E-state index contributed by atoms with van der Waals surface area (Å²) >= 11 is 1.47. The standard InChI is InChI=1S/C22H25N3O5S2/c1-13-6-7-18(8-14(13)2)32(28,29)23-10-21(27)30-11-20(26)19-9-16(4)25(17(19)5)22-24-15(3)12-31-22/h6-9,12,23H,10-11H2,1-5H3. The van der Waals surface area contributed by atoms with Crippen LogP contribution in [0.3, 0.4) is 0 Å². The van der Waals surface area contributed by atoms with Crippen LogP contribution in [0, 0.1) is 34.6 Å². The Kier molecular flexibility index (Phi) is 6.97. The van der Waals surface area contributed by atoms with Crippen LogP contribution < -0.4 is 4.72 Å². The van der Waals surface area contributed by atoms with Crippen LogP contribution in [-0.2, 0) is 19.6 Å². The van der Waals surface area contributed by atoms with E-state index in [0.717, 1.165) is 27.6 Å². The highest BCUT2D eigenvalue weighted by molar-refractivity contribution is 7.89. The number of aromatic nitrogens is 2. The third-order valence-corrected chi connectivity index (χ3v) is 7.43. The minimum absolute atomic E-state index is 0.0642. The van der Waals surface area contributed by atoms with E-state index in [9.17, 15) is 18.0 Å². The lowest BCUT2D eigenvalue weighted by atomic mass is 10.1. The van der Waals surface area contributed by atoms with Crippen molar-refractivity contribution in [2.45, 2.75) is 39.5 Å². The van der Waals surface area contributed by atoms with E-state index in [1.165, 1.54) is 23.5 Å². The van der Waals surface area contributed by atoms with Gasteiger partial charge in [0.2, 0.25) is 15.8 Å². The number of carbonyl (C=O) groups is 2. The number of Topliss-reactive ketones (excluding diaryl/α,β-unsaturated/α-hetero) is 1. The second kappa shape index (κ2) is 9.35. The van der Waals surface area contributed by atoms with Crippen LogP contribution in [0.1, 0.15) is 38.6 Å². The summed E-state index contributed by atoms with van der Waals surface area (Å²) in [6, 6.07) is 6.43. The Bertz CT molecular complexity index is 1290. The van der Waals surface area contributed by atoms with Gasteiger partial charge in [-0.3, -0.25) is 14.2 Å². The molecule has 3 aromatic rings. The number of hydrogen-bond donors (Lipinski definition) is 1. The van der Waals surface area contributed by atoms with Crippen LogP contribution in [0.5, 0.6) is 0 Å². The molecule has 1 N–H and O–H groups in total. The summed E-state index contributed by atoms with van der Waals surface area (Å²) in [6.45, 7) is 8.20. The lowest BCUT2D eigenvalue weighted by Crippen LogP contribution is -2.31. The van der Waals surface area contributed by atoms with Crippen molar-refractivity contribution in [1.29, 1.82) is 0 Å². The summed E-state index contributed by atoms with van der Waals surface area (Å²) < 4.78 is 33.9. The molecule has 0 radical (unpaired) electrons. The van der Waals surface area contributed by atoms with Gasteiger partial charge in [0.25, 0.3) is 0 Å². The van der Waals surface area contributed by atoms with Gasteiger partial charge in [-0.25, -0.2) is 13.4 Å². The van der Waals surface area contributed by atoms with Crippen LogP contribution in [0.4, 0.5) is 0 Å². The molecule has 0 spiro atoms. The number of rotatable bonds is 8. The predicted octanol–water partition coefficient (Wildman–Crippen LogP) is 3.18. The first-order valence-electron chi connectivity index (χ1n) is 9.87. The molecular formula is C22H25N3O5S2. The van der Waals surface area contributed by atoms with Gasteiger partial charge in [-0.1, -0.05) is 6.07 Å². The molecule has 170 valence electrons. The molecule has 0 aliphatic heterocycles. The number of aryl methyl sites for hydroxylation is 4. The number of carbonyl (C=O) groups excluding carboxylic acids is 2. The van der Waals surface area contributed by atoms with Crippen molar-refractivity contribution in [2.24, 2.45) is 0 Å². The van der Waals surface area contributed by atoms with E-state index in [1.54, 1.807) is 26.0 Å². The van der Waals surface area contributed by atoms with Gasteiger partial charge in [-0.15, -0.1) is 11.3 Å². The highest BCUT2D eigenvalue weighted by Crippen LogP contribution is 2.24. The quantitative estimate of drug-likeness (QED) is 0.396. The van der Waals surface area contributed by atoms with Crippen molar-refractivity contribution in [3.8, 4) is 5.13 Å². The van der Waals surface area contributed by atoms with Crippen molar-refractivity contribution in [2.75, 3.05) is 13.2 Å². The minimum Gasteiger partial charge on any atom is -0.456 e. The van der Waals surface area contributed by atoms with Gasteiger partial charge in [0, 0.05) is 22.3 Å². The van der Waals surface area contributed by atoms with Crippen molar-refractivity contribution < 1.29 is 22.7 Å². The van der Waals surface area contributed by atoms with Crippen molar-refractivity contribution in [3.05, 3.63) is 63.4 Å². The molecule has 0 atom stereocenters. The maximum Gasteiger partial charge on any atom is 0.321 e. The Morgan fingerprint density at radius 3 is 2.44 bits per heavy atom. The van der Waals surface area contributed by atoms with E-state index in [0.29, 0.717) is 11.3 Å². The predicted molar refractivity (Wildman–Crippen MR) is 122 cm³/mol. The fraction of sp³-hybridized carbons (Fsp3) is 0.318. The Morgan fingerprint density at radius 2 is 1.81 bits per heavy atom. The molecule has 0 fully saturated rings. The Balaban J connectivity index is 1.60.